The number of fused-ring (bicyclic) bond motifs is 10. The smallest absolute Gasteiger partial charge is 0.167 e. The zero-order valence-electron chi connectivity index (χ0n) is 27.6. The first-order chi connectivity index (χ1) is 25.8. The van der Waals surface area contributed by atoms with Crippen LogP contribution in [0.15, 0.2) is 167 Å². The molecule has 242 valence electrons. The molecule has 0 saturated heterocycles. The summed E-state index contributed by atoms with van der Waals surface area (Å²) in [6.07, 6.45) is 0. The Labute approximate surface area is 296 Å². The van der Waals surface area contributed by atoms with E-state index in [0.717, 1.165) is 87.9 Å². The molecule has 0 spiro atoms. The first-order valence-electron chi connectivity index (χ1n) is 17.2. The van der Waals surface area contributed by atoms with Crippen LogP contribution in [0.25, 0.3) is 111 Å². The van der Waals surface area contributed by atoms with Gasteiger partial charge in [0, 0.05) is 48.8 Å². The summed E-state index contributed by atoms with van der Waals surface area (Å²) in [5.74, 6) is 1.61. The molecule has 11 aromatic rings. The van der Waals surface area contributed by atoms with E-state index in [1.165, 1.54) is 0 Å². The molecule has 6 nitrogen and oxygen atoms in total. The van der Waals surface area contributed by atoms with E-state index in [2.05, 4.69) is 78.9 Å². The van der Waals surface area contributed by atoms with Crippen molar-refractivity contribution < 1.29 is 8.83 Å². The second-order valence-corrected chi connectivity index (χ2v) is 12.9. The van der Waals surface area contributed by atoms with Crippen molar-refractivity contribution in [2.45, 2.75) is 0 Å². The quantitative estimate of drug-likeness (QED) is 0.174. The SMILES string of the molecule is c1ccc(-c2nc(-c3cccc4c3oc3ccccc34)nc(-c3cccc4c3oc3ccc5c(-c6ccccc6)nc6ccccc6c5c34)n2)cc1. The molecule has 4 aromatic heterocycles. The number of hydrogen-bond donors (Lipinski definition) is 0. The number of benzene rings is 7. The number of furan rings is 2. The first-order valence-corrected chi connectivity index (χ1v) is 17.2. The second kappa shape index (κ2) is 11.2. The highest BCUT2D eigenvalue weighted by atomic mass is 16.3. The fraction of sp³-hybridized carbons (Fsp3) is 0. The number of para-hydroxylation sites is 4. The Hall–Kier alpha value is -7.18. The number of hydrogen-bond acceptors (Lipinski definition) is 6. The van der Waals surface area contributed by atoms with Crippen LogP contribution < -0.4 is 0 Å². The van der Waals surface area contributed by atoms with Crippen LogP contribution in [-0.2, 0) is 0 Å². The van der Waals surface area contributed by atoms with Gasteiger partial charge in [0.1, 0.15) is 22.3 Å². The van der Waals surface area contributed by atoms with Crippen molar-refractivity contribution in [1.82, 2.24) is 19.9 Å². The van der Waals surface area contributed by atoms with E-state index in [4.69, 9.17) is 28.8 Å². The van der Waals surface area contributed by atoms with Gasteiger partial charge in [0.25, 0.3) is 0 Å². The van der Waals surface area contributed by atoms with Gasteiger partial charge in [-0.2, -0.15) is 0 Å². The Balaban J connectivity index is 1.20. The highest BCUT2D eigenvalue weighted by Gasteiger charge is 2.22. The highest BCUT2D eigenvalue weighted by molar-refractivity contribution is 6.29. The van der Waals surface area contributed by atoms with Crippen LogP contribution in [0, 0.1) is 0 Å². The van der Waals surface area contributed by atoms with Crippen LogP contribution in [0.4, 0.5) is 0 Å². The predicted octanol–water partition coefficient (Wildman–Crippen LogP) is 12.0. The van der Waals surface area contributed by atoms with Gasteiger partial charge < -0.3 is 8.83 Å². The van der Waals surface area contributed by atoms with Crippen molar-refractivity contribution >= 4 is 65.6 Å². The Bertz CT molecular complexity index is 3180. The van der Waals surface area contributed by atoms with Gasteiger partial charge in [0.15, 0.2) is 17.5 Å². The lowest BCUT2D eigenvalue weighted by Gasteiger charge is -2.11. The van der Waals surface area contributed by atoms with Crippen molar-refractivity contribution in [2.75, 3.05) is 0 Å². The van der Waals surface area contributed by atoms with E-state index in [0.29, 0.717) is 23.1 Å². The van der Waals surface area contributed by atoms with Gasteiger partial charge in [-0.25, -0.2) is 19.9 Å². The average Bonchev–Trinajstić information content (AvgIpc) is 3.80. The molecule has 0 N–H and O–H groups in total. The Morgan fingerprint density at radius 2 is 0.904 bits per heavy atom. The lowest BCUT2D eigenvalue weighted by molar-refractivity contribution is 0.669. The predicted molar refractivity (Wildman–Crippen MR) is 209 cm³/mol. The summed E-state index contributed by atoms with van der Waals surface area (Å²) in [7, 11) is 0. The van der Waals surface area contributed by atoms with Crippen LogP contribution in [0.5, 0.6) is 0 Å². The molecule has 0 amide bonds. The number of pyridine rings is 1. The topological polar surface area (TPSA) is 77.8 Å². The molecule has 0 saturated carbocycles. The van der Waals surface area contributed by atoms with Crippen molar-refractivity contribution in [3.8, 4) is 45.4 Å². The molecule has 0 aliphatic carbocycles. The van der Waals surface area contributed by atoms with Gasteiger partial charge in [-0.3, -0.25) is 0 Å². The second-order valence-electron chi connectivity index (χ2n) is 12.9. The third-order valence-corrected chi connectivity index (χ3v) is 9.92. The molecule has 6 heteroatoms. The molecule has 11 rings (SSSR count). The van der Waals surface area contributed by atoms with E-state index in [1.54, 1.807) is 0 Å². The molecule has 0 fully saturated rings. The van der Waals surface area contributed by atoms with Gasteiger partial charge in [-0.15, -0.1) is 0 Å². The molecule has 0 bridgehead atoms. The first kappa shape index (κ1) is 28.6. The number of rotatable bonds is 4. The minimum atomic E-state index is 0.516. The van der Waals surface area contributed by atoms with Crippen LogP contribution in [-0.4, -0.2) is 19.9 Å². The standard InChI is InChI=1S/C46H26N4O2/c1-3-13-27(14-4-1)41-32-25-26-38-40(39(32)31-18-7-9-23-36(31)47-41)33-20-12-22-35(43(33)52-38)46-49-44(28-15-5-2-6-16-28)48-45(50-46)34-21-11-19-30-29-17-8-10-24-37(29)51-42(30)34/h1-26H. The summed E-state index contributed by atoms with van der Waals surface area (Å²) in [4.78, 5) is 20.4. The summed E-state index contributed by atoms with van der Waals surface area (Å²) in [5, 5.41) is 7.33. The fourth-order valence-corrected chi connectivity index (χ4v) is 7.58. The van der Waals surface area contributed by atoms with Gasteiger partial charge in [0.2, 0.25) is 0 Å². The Morgan fingerprint density at radius 3 is 1.67 bits per heavy atom. The summed E-state index contributed by atoms with van der Waals surface area (Å²) in [6.45, 7) is 0. The van der Waals surface area contributed by atoms with E-state index in [-0.39, 0.29) is 0 Å². The maximum atomic E-state index is 6.80. The summed E-state index contributed by atoms with van der Waals surface area (Å²) in [6, 6.07) is 53.3. The van der Waals surface area contributed by atoms with Crippen LogP contribution >= 0.6 is 0 Å². The molecule has 52 heavy (non-hydrogen) atoms. The lowest BCUT2D eigenvalue weighted by atomic mass is 9.96. The molecule has 0 atom stereocenters. The number of nitrogens with zero attached hydrogens (tertiary/aromatic N) is 4. The van der Waals surface area contributed by atoms with Crippen molar-refractivity contribution in [3.63, 3.8) is 0 Å². The molecule has 0 unspecified atom stereocenters. The lowest BCUT2D eigenvalue weighted by Crippen LogP contribution is -2.00. The van der Waals surface area contributed by atoms with Crippen molar-refractivity contribution in [2.24, 2.45) is 0 Å². The van der Waals surface area contributed by atoms with E-state index in [1.807, 2.05) is 78.9 Å². The molecule has 7 aromatic carbocycles. The average molecular weight is 667 g/mol. The fourth-order valence-electron chi connectivity index (χ4n) is 7.58. The zero-order chi connectivity index (χ0) is 34.2. The minimum absolute atomic E-state index is 0.516. The molecule has 4 heterocycles. The Morgan fingerprint density at radius 1 is 0.327 bits per heavy atom. The van der Waals surface area contributed by atoms with E-state index < -0.39 is 0 Å². The normalized spacial score (nSPS) is 11.8. The zero-order valence-corrected chi connectivity index (χ0v) is 27.6. The van der Waals surface area contributed by atoms with Gasteiger partial charge >= 0.3 is 0 Å². The number of aromatic nitrogens is 4. The third kappa shape index (κ3) is 4.31. The van der Waals surface area contributed by atoms with E-state index in [9.17, 15) is 0 Å². The highest BCUT2D eigenvalue weighted by Crippen LogP contribution is 2.43. The molecular formula is C46H26N4O2. The summed E-state index contributed by atoms with van der Waals surface area (Å²) < 4.78 is 13.2. The molecular weight excluding hydrogens is 641 g/mol. The maximum absolute atomic E-state index is 6.80. The van der Waals surface area contributed by atoms with Crippen LogP contribution in [0.1, 0.15) is 0 Å². The monoisotopic (exact) mass is 666 g/mol. The molecule has 0 radical (unpaired) electrons. The largest absolute Gasteiger partial charge is 0.455 e. The molecule has 0 aliphatic rings. The van der Waals surface area contributed by atoms with Crippen LogP contribution in [0.2, 0.25) is 0 Å². The van der Waals surface area contributed by atoms with Gasteiger partial charge in [-0.05, 0) is 36.4 Å². The van der Waals surface area contributed by atoms with Crippen molar-refractivity contribution in [1.29, 1.82) is 0 Å². The molecule has 0 aliphatic heterocycles. The van der Waals surface area contributed by atoms with Gasteiger partial charge in [0.05, 0.1) is 22.3 Å². The minimum Gasteiger partial charge on any atom is -0.455 e. The summed E-state index contributed by atoms with van der Waals surface area (Å²) >= 11 is 0. The summed E-state index contributed by atoms with van der Waals surface area (Å²) in [5.41, 5.74) is 8.46. The van der Waals surface area contributed by atoms with Gasteiger partial charge in [-0.1, -0.05) is 121 Å². The van der Waals surface area contributed by atoms with Crippen molar-refractivity contribution in [3.05, 3.63) is 158 Å². The Kier molecular flexibility index (Phi) is 6.15. The van der Waals surface area contributed by atoms with E-state index >= 15 is 0 Å². The maximum Gasteiger partial charge on any atom is 0.167 e. The third-order valence-electron chi connectivity index (χ3n) is 9.92. The van der Waals surface area contributed by atoms with Crippen LogP contribution in [0.3, 0.4) is 0 Å².